The highest BCUT2D eigenvalue weighted by molar-refractivity contribution is 5.74. The molecule has 0 aliphatic carbocycles. The third-order valence-electron chi connectivity index (χ3n) is 10.6. The van der Waals surface area contributed by atoms with Crippen LogP contribution in [-0.2, 0) is 13.1 Å². The monoisotopic (exact) mass is 728 g/mol. The number of nitrogens with zero attached hydrogens (tertiary/aromatic N) is 2. The topological polar surface area (TPSA) is 6.48 Å². The lowest BCUT2D eigenvalue weighted by atomic mass is 10.0. The first kappa shape index (κ1) is 37.9. The fourth-order valence-electron chi connectivity index (χ4n) is 7.00. The maximum Gasteiger partial charge on any atom is 0.0429 e. The highest BCUT2D eigenvalue weighted by atomic mass is 15.1. The standard InChI is InChI=1S/C54H52N2/c1-5-55(39-47-19-31-51(32-20-47)49-27-7-41(3)8-28-49)53-35-23-45(24-36-53)17-15-43-11-13-44(14-12-43)16-18-46-25-37-54(38-26-46)56(6-2)40-48-21-33-52(34-22-48)50-29-9-42(4)10-30-50/h7-38H,5-6,39-40H2,1-4H3. The second-order valence-electron chi connectivity index (χ2n) is 14.7. The van der Waals surface area contributed by atoms with Crippen LogP contribution in [0.15, 0.2) is 170 Å². The zero-order valence-electron chi connectivity index (χ0n) is 33.2. The van der Waals surface area contributed by atoms with Gasteiger partial charge in [-0.3, -0.25) is 0 Å². The van der Waals surface area contributed by atoms with Crippen molar-refractivity contribution in [1.82, 2.24) is 0 Å². The van der Waals surface area contributed by atoms with Crippen LogP contribution in [0.25, 0.3) is 46.6 Å². The van der Waals surface area contributed by atoms with Gasteiger partial charge in [-0.2, -0.15) is 0 Å². The SMILES string of the molecule is CCN(Cc1ccc(-c2ccc(C)cc2)cc1)c1ccc(C=Cc2ccc(C=Cc3ccc(N(CC)Cc4ccc(-c5ccc(C)cc5)cc4)cc3)cc2)cc1. The molecule has 278 valence electrons. The van der Waals surface area contributed by atoms with Crippen LogP contribution in [0.3, 0.4) is 0 Å². The smallest absolute Gasteiger partial charge is 0.0429 e. The minimum atomic E-state index is 0.884. The van der Waals surface area contributed by atoms with Crippen molar-refractivity contribution in [1.29, 1.82) is 0 Å². The molecule has 0 radical (unpaired) electrons. The second-order valence-corrected chi connectivity index (χ2v) is 14.7. The van der Waals surface area contributed by atoms with Crippen molar-refractivity contribution in [3.05, 3.63) is 214 Å². The van der Waals surface area contributed by atoms with Gasteiger partial charge in [0.25, 0.3) is 0 Å². The molecule has 0 aromatic heterocycles. The summed E-state index contributed by atoms with van der Waals surface area (Å²) < 4.78 is 0. The van der Waals surface area contributed by atoms with E-state index in [-0.39, 0.29) is 0 Å². The summed E-state index contributed by atoms with van der Waals surface area (Å²) in [5.74, 6) is 0. The summed E-state index contributed by atoms with van der Waals surface area (Å²) in [6.07, 6.45) is 8.76. The molecule has 0 unspecified atom stereocenters. The van der Waals surface area contributed by atoms with Crippen molar-refractivity contribution < 1.29 is 0 Å². The first-order chi connectivity index (χ1) is 27.4. The fourth-order valence-corrected chi connectivity index (χ4v) is 7.00. The van der Waals surface area contributed by atoms with E-state index in [1.54, 1.807) is 0 Å². The van der Waals surface area contributed by atoms with Gasteiger partial charge in [-0.25, -0.2) is 0 Å². The largest absolute Gasteiger partial charge is 0.367 e. The minimum absolute atomic E-state index is 0.884. The van der Waals surface area contributed by atoms with E-state index < -0.39 is 0 Å². The number of rotatable bonds is 14. The summed E-state index contributed by atoms with van der Waals surface area (Å²) in [6.45, 7) is 12.4. The first-order valence-corrected chi connectivity index (χ1v) is 19.9. The van der Waals surface area contributed by atoms with Gasteiger partial charge in [0.1, 0.15) is 0 Å². The van der Waals surface area contributed by atoms with E-state index in [1.807, 2.05) is 0 Å². The van der Waals surface area contributed by atoms with Crippen molar-refractivity contribution in [2.45, 2.75) is 40.8 Å². The molecular formula is C54H52N2. The average molecular weight is 729 g/mol. The molecule has 0 aliphatic heterocycles. The molecule has 2 nitrogen and oxygen atoms in total. The van der Waals surface area contributed by atoms with E-state index in [0.29, 0.717) is 0 Å². The summed E-state index contributed by atoms with van der Waals surface area (Å²) >= 11 is 0. The molecule has 7 aromatic carbocycles. The lowest BCUT2D eigenvalue weighted by molar-refractivity contribution is 0.832. The van der Waals surface area contributed by atoms with Gasteiger partial charge in [-0.05, 0) is 108 Å². The Morgan fingerprint density at radius 2 is 0.571 bits per heavy atom. The average Bonchev–Trinajstić information content (AvgIpc) is 3.25. The van der Waals surface area contributed by atoms with Crippen LogP contribution in [0.4, 0.5) is 11.4 Å². The first-order valence-electron chi connectivity index (χ1n) is 19.9. The molecular weight excluding hydrogens is 677 g/mol. The highest BCUT2D eigenvalue weighted by Gasteiger charge is 2.08. The Morgan fingerprint density at radius 3 is 0.839 bits per heavy atom. The summed E-state index contributed by atoms with van der Waals surface area (Å²) in [5, 5.41) is 0. The van der Waals surface area contributed by atoms with Crippen LogP contribution in [0, 0.1) is 13.8 Å². The van der Waals surface area contributed by atoms with E-state index in [1.165, 1.54) is 78.1 Å². The van der Waals surface area contributed by atoms with Crippen LogP contribution in [-0.4, -0.2) is 13.1 Å². The van der Waals surface area contributed by atoms with E-state index >= 15 is 0 Å². The second kappa shape index (κ2) is 18.3. The predicted molar refractivity (Wildman–Crippen MR) is 244 cm³/mol. The zero-order valence-corrected chi connectivity index (χ0v) is 33.2. The maximum atomic E-state index is 2.42. The molecule has 56 heavy (non-hydrogen) atoms. The Labute approximate surface area is 334 Å². The summed E-state index contributed by atoms with van der Waals surface area (Å²) in [7, 11) is 0. The lowest BCUT2D eigenvalue weighted by Crippen LogP contribution is -2.21. The van der Waals surface area contributed by atoms with Gasteiger partial charge in [0.2, 0.25) is 0 Å². The Kier molecular flexibility index (Phi) is 12.4. The quantitative estimate of drug-likeness (QED) is 0.103. The van der Waals surface area contributed by atoms with E-state index in [2.05, 4.69) is 232 Å². The number of hydrogen-bond donors (Lipinski definition) is 0. The predicted octanol–water partition coefficient (Wildman–Crippen LogP) is 14.0. The lowest BCUT2D eigenvalue weighted by Gasteiger charge is -2.23. The van der Waals surface area contributed by atoms with E-state index in [9.17, 15) is 0 Å². The third kappa shape index (κ3) is 10.0. The molecule has 0 saturated heterocycles. The van der Waals surface area contributed by atoms with E-state index in [4.69, 9.17) is 0 Å². The van der Waals surface area contributed by atoms with Crippen LogP contribution in [0.1, 0.15) is 58.4 Å². The molecule has 0 atom stereocenters. The molecule has 0 saturated carbocycles. The Hall–Kier alpha value is -6.38. The summed E-state index contributed by atoms with van der Waals surface area (Å²) in [4.78, 5) is 4.84. The van der Waals surface area contributed by atoms with Crippen molar-refractivity contribution in [3.8, 4) is 22.3 Å². The van der Waals surface area contributed by atoms with Crippen molar-refractivity contribution in [2.24, 2.45) is 0 Å². The molecule has 0 bridgehead atoms. The number of benzene rings is 7. The van der Waals surface area contributed by atoms with Crippen molar-refractivity contribution in [3.63, 3.8) is 0 Å². The Morgan fingerprint density at radius 1 is 0.321 bits per heavy atom. The molecule has 0 fully saturated rings. The molecule has 0 aliphatic rings. The molecule has 2 heteroatoms. The molecule has 0 spiro atoms. The van der Waals surface area contributed by atoms with E-state index in [0.717, 1.165) is 26.2 Å². The third-order valence-corrected chi connectivity index (χ3v) is 10.6. The van der Waals surface area contributed by atoms with Crippen molar-refractivity contribution >= 4 is 35.7 Å². The Bertz CT molecular complexity index is 2160. The number of hydrogen-bond acceptors (Lipinski definition) is 2. The molecule has 0 heterocycles. The molecule has 7 rings (SSSR count). The molecule has 7 aromatic rings. The normalized spacial score (nSPS) is 11.4. The Balaban J connectivity index is 0.901. The van der Waals surface area contributed by atoms with Gasteiger partial charge in [0, 0.05) is 37.6 Å². The van der Waals surface area contributed by atoms with Crippen LogP contribution in [0.2, 0.25) is 0 Å². The minimum Gasteiger partial charge on any atom is -0.367 e. The van der Waals surface area contributed by atoms with Gasteiger partial charge < -0.3 is 9.80 Å². The summed E-state index contributed by atoms with van der Waals surface area (Å²) in [6, 6.07) is 61.9. The van der Waals surface area contributed by atoms with Gasteiger partial charge in [-0.15, -0.1) is 0 Å². The van der Waals surface area contributed by atoms with Gasteiger partial charge >= 0.3 is 0 Å². The van der Waals surface area contributed by atoms with Gasteiger partial charge in [-0.1, -0.05) is 181 Å². The van der Waals surface area contributed by atoms with Gasteiger partial charge in [0.05, 0.1) is 0 Å². The maximum absolute atomic E-state index is 2.42. The molecule has 0 N–H and O–H groups in total. The van der Waals surface area contributed by atoms with Crippen LogP contribution < -0.4 is 9.80 Å². The van der Waals surface area contributed by atoms with Crippen LogP contribution in [0.5, 0.6) is 0 Å². The summed E-state index contributed by atoms with van der Waals surface area (Å²) in [5.41, 5.74) is 17.5. The number of anilines is 2. The van der Waals surface area contributed by atoms with Gasteiger partial charge in [0.15, 0.2) is 0 Å². The zero-order chi connectivity index (χ0) is 38.7. The molecule has 0 amide bonds. The van der Waals surface area contributed by atoms with Crippen molar-refractivity contribution in [2.75, 3.05) is 22.9 Å². The number of aryl methyl sites for hydroxylation is 2. The van der Waals surface area contributed by atoms with Crippen LogP contribution >= 0.6 is 0 Å². The highest BCUT2D eigenvalue weighted by Crippen LogP contribution is 2.25. The fraction of sp³-hybridized carbons (Fsp3) is 0.148.